The number of hydrogen-bond acceptors (Lipinski definition) is 5. The minimum absolute atomic E-state index is 0.0510. The van der Waals surface area contributed by atoms with Crippen LogP contribution in [0.15, 0.2) is 40.1 Å². The van der Waals surface area contributed by atoms with E-state index in [1.54, 1.807) is 35.4 Å². The van der Waals surface area contributed by atoms with E-state index in [1.807, 2.05) is 6.92 Å². The Morgan fingerprint density at radius 1 is 1.16 bits per heavy atom. The molecule has 3 aromatic rings. The fraction of sp³-hybridized carbons (Fsp3) is 0.318. The average Bonchev–Trinajstić information content (AvgIpc) is 3.18. The Balaban J connectivity index is 1.70. The van der Waals surface area contributed by atoms with Gasteiger partial charge in [-0.1, -0.05) is 18.5 Å². The van der Waals surface area contributed by atoms with Crippen LogP contribution in [0.2, 0.25) is 5.02 Å². The molecule has 1 N–H and O–H groups in total. The fourth-order valence-corrected chi connectivity index (χ4v) is 4.08. The molecule has 1 atom stereocenters. The lowest BCUT2D eigenvalue weighted by atomic mass is 10.1. The number of benzene rings is 1. The monoisotopic (exact) mass is 455 g/mol. The fourth-order valence-electron chi connectivity index (χ4n) is 3.96. The predicted molar refractivity (Wildman–Crippen MR) is 122 cm³/mol. The molecule has 0 bridgehead atoms. The molecule has 9 nitrogen and oxygen atoms in total. The zero-order chi connectivity index (χ0) is 23.2. The molecule has 0 spiro atoms. The molecule has 3 heterocycles. The minimum atomic E-state index is -0.595. The number of amides is 2. The van der Waals surface area contributed by atoms with Gasteiger partial charge in [-0.15, -0.1) is 0 Å². The second-order valence-electron chi connectivity index (χ2n) is 7.79. The molecule has 10 heteroatoms. The number of carbonyl (C=O) groups is 2. The number of halogens is 1. The highest BCUT2D eigenvalue weighted by Crippen LogP contribution is 2.29. The van der Waals surface area contributed by atoms with Crippen LogP contribution in [0.4, 0.5) is 11.4 Å². The summed E-state index contributed by atoms with van der Waals surface area (Å²) < 4.78 is 2.26. The zero-order valence-electron chi connectivity index (χ0n) is 17.9. The molecule has 1 aliphatic rings. The Bertz CT molecular complexity index is 1360. The first kappa shape index (κ1) is 21.8. The van der Waals surface area contributed by atoms with Gasteiger partial charge in [0.15, 0.2) is 5.65 Å². The highest BCUT2D eigenvalue weighted by atomic mass is 35.5. The van der Waals surface area contributed by atoms with E-state index in [9.17, 15) is 19.2 Å². The van der Waals surface area contributed by atoms with Crippen molar-refractivity contribution in [3.63, 3.8) is 0 Å². The normalized spacial score (nSPS) is 16.1. The second-order valence-corrected chi connectivity index (χ2v) is 8.22. The van der Waals surface area contributed by atoms with Gasteiger partial charge in [0.25, 0.3) is 5.56 Å². The van der Waals surface area contributed by atoms with Gasteiger partial charge in [-0.2, -0.15) is 0 Å². The minimum Gasteiger partial charge on any atom is -0.325 e. The molecule has 1 aliphatic heterocycles. The Labute approximate surface area is 188 Å². The molecule has 1 saturated heterocycles. The van der Waals surface area contributed by atoms with Crippen LogP contribution in [0.3, 0.4) is 0 Å². The standard InChI is InChI=1S/C22H22ClN5O4/c1-4-12-10-24-19-17(21(31)27(3)22(32)26(19)2)18(12)25-20(30)13-9-16(29)28(11-13)15-7-5-14(23)6-8-15/h5-8,10,13H,4,9,11H2,1-3H3,(H,24,25,30). The van der Waals surface area contributed by atoms with Crippen molar-refractivity contribution < 1.29 is 9.59 Å². The Morgan fingerprint density at radius 2 is 1.84 bits per heavy atom. The van der Waals surface area contributed by atoms with Gasteiger partial charge in [-0.05, 0) is 36.2 Å². The van der Waals surface area contributed by atoms with E-state index in [0.717, 1.165) is 4.57 Å². The highest BCUT2D eigenvalue weighted by molar-refractivity contribution is 6.30. The van der Waals surface area contributed by atoms with Crippen LogP contribution in [0, 0.1) is 5.92 Å². The van der Waals surface area contributed by atoms with Crippen molar-refractivity contribution in [1.82, 2.24) is 14.1 Å². The maximum atomic E-state index is 13.1. The topological polar surface area (TPSA) is 106 Å². The highest BCUT2D eigenvalue weighted by Gasteiger charge is 2.35. The first-order valence-corrected chi connectivity index (χ1v) is 10.5. The summed E-state index contributed by atoms with van der Waals surface area (Å²) >= 11 is 5.92. The van der Waals surface area contributed by atoms with Crippen molar-refractivity contribution >= 4 is 45.8 Å². The summed E-state index contributed by atoms with van der Waals surface area (Å²) in [4.78, 5) is 56.7. The maximum absolute atomic E-state index is 13.1. The van der Waals surface area contributed by atoms with Gasteiger partial charge in [0, 0.05) is 44.0 Å². The van der Waals surface area contributed by atoms with Gasteiger partial charge < -0.3 is 10.2 Å². The number of nitrogens with zero attached hydrogens (tertiary/aromatic N) is 4. The van der Waals surface area contributed by atoms with E-state index in [1.165, 1.54) is 18.7 Å². The van der Waals surface area contributed by atoms with E-state index in [0.29, 0.717) is 28.4 Å². The third kappa shape index (κ3) is 3.58. The smallest absolute Gasteiger partial charge is 0.325 e. The number of rotatable bonds is 4. The molecule has 0 aliphatic carbocycles. The summed E-state index contributed by atoms with van der Waals surface area (Å²) in [5.74, 6) is -1.13. The van der Waals surface area contributed by atoms with Crippen molar-refractivity contribution in [3.05, 3.63) is 61.9 Å². The lowest BCUT2D eigenvalue weighted by molar-refractivity contribution is -0.122. The summed E-state index contributed by atoms with van der Waals surface area (Å²) in [6, 6.07) is 6.84. The number of aryl methyl sites for hydroxylation is 2. The zero-order valence-corrected chi connectivity index (χ0v) is 18.6. The number of aromatic nitrogens is 3. The van der Waals surface area contributed by atoms with Crippen molar-refractivity contribution in [1.29, 1.82) is 0 Å². The molecule has 32 heavy (non-hydrogen) atoms. The van der Waals surface area contributed by atoms with E-state index < -0.39 is 17.2 Å². The predicted octanol–water partition coefficient (Wildman–Crippen LogP) is 1.84. The number of carbonyl (C=O) groups excluding carboxylic acids is 2. The lowest BCUT2D eigenvalue weighted by Gasteiger charge is -2.18. The van der Waals surface area contributed by atoms with Crippen LogP contribution in [0.1, 0.15) is 18.9 Å². The summed E-state index contributed by atoms with van der Waals surface area (Å²) in [5, 5.41) is 3.58. The SMILES string of the molecule is CCc1cnc2c(c1NC(=O)C1CC(=O)N(c3ccc(Cl)cc3)C1)c(=O)n(C)c(=O)n2C. The second kappa shape index (κ2) is 8.23. The van der Waals surface area contributed by atoms with Crippen LogP contribution in [-0.4, -0.2) is 32.5 Å². The molecule has 1 unspecified atom stereocenters. The van der Waals surface area contributed by atoms with Crippen LogP contribution in [0.25, 0.3) is 11.0 Å². The molecule has 166 valence electrons. The molecule has 2 amide bonds. The number of anilines is 2. The molecular formula is C22H22ClN5O4. The first-order chi connectivity index (χ1) is 15.2. The summed E-state index contributed by atoms with van der Waals surface area (Å²) in [6.07, 6.45) is 2.12. The van der Waals surface area contributed by atoms with E-state index >= 15 is 0 Å². The average molecular weight is 456 g/mol. The van der Waals surface area contributed by atoms with E-state index in [-0.39, 0.29) is 35.8 Å². The molecule has 0 radical (unpaired) electrons. The number of nitrogens with one attached hydrogen (secondary N) is 1. The lowest BCUT2D eigenvalue weighted by Crippen LogP contribution is -2.38. The van der Waals surface area contributed by atoms with Crippen molar-refractivity contribution in [2.24, 2.45) is 20.0 Å². The van der Waals surface area contributed by atoms with Crippen LogP contribution < -0.4 is 21.5 Å². The van der Waals surface area contributed by atoms with Gasteiger partial charge in [0.1, 0.15) is 5.39 Å². The van der Waals surface area contributed by atoms with Gasteiger partial charge >= 0.3 is 5.69 Å². The van der Waals surface area contributed by atoms with Gasteiger partial charge in [-0.25, -0.2) is 9.78 Å². The van der Waals surface area contributed by atoms with Gasteiger partial charge in [-0.3, -0.25) is 23.5 Å². The Kier molecular flexibility index (Phi) is 5.60. The van der Waals surface area contributed by atoms with Crippen molar-refractivity contribution in [3.8, 4) is 0 Å². The quantitative estimate of drug-likeness (QED) is 0.646. The summed E-state index contributed by atoms with van der Waals surface area (Å²) in [6.45, 7) is 2.10. The molecule has 1 fully saturated rings. The molecule has 1 aromatic carbocycles. The third-order valence-corrected chi connectivity index (χ3v) is 6.06. The first-order valence-electron chi connectivity index (χ1n) is 10.2. The third-order valence-electron chi connectivity index (χ3n) is 5.81. The van der Waals surface area contributed by atoms with Crippen molar-refractivity contribution in [2.45, 2.75) is 19.8 Å². The number of hydrogen-bond donors (Lipinski definition) is 1. The van der Waals surface area contributed by atoms with Crippen LogP contribution in [0.5, 0.6) is 0 Å². The van der Waals surface area contributed by atoms with E-state index in [4.69, 9.17) is 11.6 Å². The van der Waals surface area contributed by atoms with Gasteiger partial charge in [0.2, 0.25) is 11.8 Å². The van der Waals surface area contributed by atoms with Crippen LogP contribution >= 0.6 is 11.6 Å². The van der Waals surface area contributed by atoms with E-state index in [2.05, 4.69) is 10.3 Å². The summed E-state index contributed by atoms with van der Waals surface area (Å²) in [5.41, 5.74) is 0.817. The number of pyridine rings is 1. The number of fused-ring (bicyclic) bond motifs is 1. The molecular weight excluding hydrogens is 434 g/mol. The molecule has 4 rings (SSSR count). The van der Waals surface area contributed by atoms with Crippen molar-refractivity contribution in [2.75, 3.05) is 16.8 Å². The largest absolute Gasteiger partial charge is 0.332 e. The Hall–Kier alpha value is -3.46. The van der Waals surface area contributed by atoms with Crippen LogP contribution in [-0.2, 0) is 30.1 Å². The maximum Gasteiger partial charge on any atom is 0.332 e. The molecule has 2 aromatic heterocycles. The molecule has 0 saturated carbocycles. The summed E-state index contributed by atoms with van der Waals surface area (Å²) in [7, 11) is 2.90. The van der Waals surface area contributed by atoms with Gasteiger partial charge in [0.05, 0.1) is 11.6 Å². The Morgan fingerprint density at radius 3 is 2.50 bits per heavy atom.